The second-order valence-corrected chi connectivity index (χ2v) is 8.19. The summed E-state index contributed by atoms with van der Waals surface area (Å²) in [6.45, 7) is 3.95. The van der Waals surface area contributed by atoms with Crippen LogP contribution in [0.4, 0.5) is 4.79 Å². The Kier molecular flexibility index (Phi) is 11.7. The SMILES string of the molecule is NCCOCCOCCOCCO[C@@H]1S[C@@H](CCCCC(=O)O)[C@H]2NC(=O)N[C@H]21. The molecule has 2 aliphatic heterocycles. The molecule has 2 fully saturated rings. The van der Waals surface area contributed by atoms with Crippen molar-refractivity contribution in [2.75, 3.05) is 52.8 Å². The summed E-state index contributed by atoms with van der Waals surface area (Å²) < 4.78 is 22.0. The average Bonchev–Trinajstić information content (AvgIpc) is 3.21. The minimum atomic E-state index is -0.774. The number of aliphatic carboxylic acids is 1. The van der Waals surface area contributed by atoms with Crippen molar-refractivity contribution in [1.29, 1.82) is 0 Å². The van der Waals surface area contributed by atoms with Crippen LogP contribution < -0.4 is 16.4 Å². The minimum absolute atomic E-state index is 0.0122. The van der Waals surface area contributed by atoms with Crippen molar-refractivity contribution in [1.82, 2.24) is 10.6 Å². The van der Waals surface area contributed by atoms with Gasteiger partial charge in [-0.3, -0.25) is 4.79 Å². The number of nitrogens with two attached hydrogens (primary N) is 1. The maximum atomic E-state index is 11.7. The molecule has 0 bridgehead atoms. The van der Waals surface area contributed by atoms with E-state index in [1.807, 2.05) is 0 Å². The van der Waals surface area contributed by atoms with Crippen LogP contribution in [0, 0.1) is 0 Å². The quantitative estimate of drug-likeness (QED) is 0.185. The maximum absolute atomic E-state index is 11.7. The molecule has 2 rings (SSSR count). The van der Waals surface area contributed by atoms with Crippen molar-refractivity contribution < 1.29 is 33.6 Å². The van der Waals surface area contributed by atoms with E-state index in [1.54, 1.807) is 11.8 Å². The molecule has 2 aliphatic rings. The Hall–Kier alpha value is -1.11. The van der Waals surface area contributed by atoms with Gasteiger partial charge in [0.05, 0.1) is 58.3 Å². The second-order valence-electron chi connectivity index (χ2n) is 6.85. The monoisotopic (exact) mass is 435 g/mol. The third kappa shape index (κ3) is 9.06. The van der Waals surface area contributed by atoms with Crippen LogP contribution in [0.15, 0.2) is 0 Å². The number of carbonyl (C=O) groups is 2. The number of carboxylic acid groups (broad SMARTS) is 1. The van der Waals surface area contributed by atoms with E-state index in [0.717, 1.165) is 12.8 Å². The lowest BCUT2D eigenvalue weighted by Gasteiger charge is -2.17. The summed E-state index contributed by atoms with van der Waals surface area (Å²) in [6.07, 6.45) is 2.49. The third-order valence-corrected chi connectivity index (χ3v) is 6.21. The molecule has 2 amide bonds. The lowest BCUT2D eigenvalue weighted by molar-refractivity contribution is -0.137. The topological polar surface area (TPSA) is 141 Å². The number of rotatable bonds is 17. The number of thioether (sulfide) groups is 1. The van der Waals surface area contributed by atoms with Crippen molar-refractivity contribution in [3.63, 3.8) is 0 Å². The number of amides is 2. The van der Waals surface area contributed by atoms with Crippen LogP contribution in [0.2, 0.25) is 0 Å². The van der Waals surface area contributed by atoms with Gasteiger partial charge in [-0.1, -0.05) is 6.42 Å². The molecule has 0 aromatic rings. The molecular weight excluding hydrogens is 402 g/mol. The van der Waals surface area contributed by atoms with E-state index in [-0.39, 0.29) is 35.2 Å². The summed E-state index contributed by atoms with van der Waals surface area (Å²) in [6, 6.07) is -0.236. The second kappa shape index (κ2) is 14.0. The van der Waals surface area contributed by atoms with Crippen LogP contribution in [0.5, 0.6) is 0 Å². The Bertz CT molecular complexity index is 500. The largest absolute Gasteiger partial charge is 0.481 e. The van der Waals surface area contributed by atoms with Gasteiger partial charge >= 0.3 is 12.0 Å². The van der Waals surface area contributed by atoms with Gasteiger partial charge in [0.2, 0.25) is 0 Å². The van der Waals surface area contributed by atoms with Gasteiger partial charge in [0.1, 0.15) is 5.44 Å². The van der Waals surface area contributed by atoms with Crippen LogP contribution in [0.25, 0.3) is 0 Å². The molecule has 10 nitrogen and oxygen atoms in total. The van der Waals surface area contributed by atoms with E-state index in [2.05, 4.69) is 10.6 Å². The summed E-state index contributed by atoms with van der Waals surface area (Å²) >= 11 is 1.69. The van der Waals surface area contributed by atoms with Crippen LogP contribution in [-0.4, -0.2) is 92.7 Å². The van der Waals surface area contributed by atoms with Crippen molar-refractivity contribution in [2.45, 2.75) is 48.5 Å². The molecule has 2 heterocycles. The van der Waals surface area contributed by atoms with E-state index < -0.39 is 5.97 Å². The van der Waals surface area contributed by atoms with Gasteiger partial charge in [-0.15, -0.1) is 11.8 Å². The predicted molar refractivity (Wildman–Crippen MR) is 108 cm³/mol. The molecule has 0 spiro atoms. The Morgan fingerprint density at radius 3 is 2.24 bits per heavy atom. The molecule has 168 valence electrons. The predicted octanol–water partition coefficient (Wildman–Crippen LogP) is 0.148. The minimum Gasteiger partial charge on any atom is -0.481 e. The van der Waals surface area contributed by atoms with E-state index in [1.165, 1.54) is 0 Å². The molecule has 0 aromatic carbocycles. The molecule has 0 aromatic heterocycles. The van der Waals surface area contributed by atoms with Crippen LogP contribution in [0.3, 0.4) is 0 Å². The number of unbranched alkanes of at least 4 members (excludes halogenated alkanes) is 1. The number of fused-ring (bicyclic) bond motifs is 1. The zero-order valence-electron chi connectivity index (χ0n) is 16.7. The standard InChI is InChI=1S/C18H33N3O7S/c19-5-6-25-7-8-26-9-10-27-11-12-28-17-16-15(20-18(24)21-16)13(29-17)3-1-2-4-14(22)23/h13,15-17H,1-12,19H2,(H,22,23)(H2,20,21,24)/t13-,15+,16+,17+/m0/s1. The van der Waals surface area contributed by atoms with Gasteiger partial charge in [-0.25, -0.2) is 4.79 Å². The van der Waals surface area contributed by atoms with Crippen molar-refractivity contribution in [3.8, 4) is 0 Å². The van der Waals surface area contributed by atoms with Gasteiger partial charge in [-0.2, -0.15) is 0 Å². The van der Waals surface area contributed by atoms with Gasteiger partial charge in [0.25, 0.3) is 0 Å². The number of nitrogens with one attached hydrogen (secondary N) is 2. The highest BCUT2D eigenvalue weighted by Gasteiger charge is 2.49. The molecular formula is C18H33N3O7S. The Balaban J connectivity index is 1.55. The molecule has 0 radical (unpaired) electrons. The van der Waals surface area contributed by atoms with Gasteiger partial charge in [0, 0.05) is 18.2 Å². The molecule has 2 saturated heterocycles. The fourth-order valence-electron chi connectivity index (χ4n) is 3.29. The molecule has 11 heteroatoms. The maximum Gasteiger partial charge on any atom is 0.315 e. The van der Waals surface area contributed by atoms with E-state index >= 15 is 0 Å². The number of ether oxygens (including phenoxy) is 4. The van der Waals surface area contributed by atoms with Gasteiger partial charge in [-0.05, 0) is 12.8 Å². The molecule has 0 unspecified atom stereocenters. The highest BCUT2D eigenvalue weighted by atomic mass is 32.2. The highest BCUT2D eigenvalue weighted by molar-refractivity contribution is 8.00. The Labute approximate surface area is 175 Å². The smallest absolute Gasteiger partial charge is 0.315 e. The van der Waals surface area contributed by atoms with Crippen molar-refractivity contribution in [3.05, 3.63) is 0 Å². The Morgan fingerprint density at radius 2 is 1.59 bits per heavy atom. The van der Waals surface area contributed by atoms with Crippen molar-refractivity contribution in [2.24, 2.45) is 5.73 Å². The number of hydrogen-bond donors (Lipinski definition) is 4. The van der Waals surface area contributed by atoms with E-state index in [9.17, 15) is 9.59 Å². The van der Waals surface area contributed by atoms with Crippen molar-refractivity contribution >= 4 is 23.8 Å². The average molecular weight is 436 g/mol. The molecule has 5 N–H and O–H groups in total. The summed E-state index contributed by atoms with van der Waals surface area (Å²) in [5, 5.41) is 14.8. The van der Waals surface area contributed by atoms with Crippen LogP contribution >= 0.6 is 11.8 Å². The third-order valence-electron chi connectivity index (χ3n) is 4.63. The normalized spacial score (nSPS) is 25.6. The molecule has 4 atom stereocenters. The fourth-order valence-corrected chi connectivity index (χ4v) is 4.92. The lowest BCUT2D eigenvalue weighted by atomic mass is 10.0. The first-order valence-corrected chi connectivity index (χ1v) is 11.0. The first-order chi connectivity index (χ1) is 14.1. The Morgan fingerprint density at radius 1 is 0.966 bits per heavy atom. The first-order valence-electron chi connectivity index (χ1n) is 10.1. The lowest BCUT2D eigenvalue weighted by Crippen LogP contribution is -2.40. The van der Waals surface area contributed by atoms with E-state index in [0.29, 0.717) is 59.2 Å². The zero-order valence-corrected chi connectivity index (χ0v) is 17.5. The highest BCUT2D eigenvalue weighted by Crippen LogP contribution is 2.39. The summed E-state index contributed by atoms with van der Waals surface area (Å²) in [5.41, 5.74) is 5.18. The molecule has 0 saturated carbocycles. The molecule has 29 heavy (non-hydrogen) atoms. The number of carboxylic acids is 1. The van der Waals surface area contributed by atoms with Crippen LogP contribution in [0.1, 0.15) is 25.7 Å². The number of hydrogen-bond acceptors (Lipinski definition) is 8. The van der Waals surface area contributed by atoms with Crippen LogP contribution in [-0.2, 0) is 23.7 Å². The van der Waals surface area contributed by atoms with E-state index in [4.69, 9.17) is 29.8 Å². The summed E-state index contributed by atoms with van der Waals surface area (Å²) in [5.74, 6) is -0.774. The number of carbonyl (C=O) groups excluding carboxylic acids is 1. The van der Waals surface area contributed by atoms with Gasteiger partial charge < -0.3 is 40.4 Å². The molecule has 0 aliphatic carbocycles. The zero-order chi connectivity index (χ0) is 20.9. The van der Waals surface area contributed by atoms with Gasteiger partial charge in [0.15, 0.2) is 0 Å². The number of urea groups is 1. The summed E-state index contributed by atoms with van der Waals surface area (Å²) in [7, 11) is 0. The fraction of sp³-hybridized carbons (Fsp3) is 0.889. The first kappa shape index (κ1) is 24.2. The summed E-state index contributed by atoms with van der Waals surface area (Å²) in [4.78, 5) is 22.3.